The Morgan fingerprint density at radius 2 is 2.28 bits per heavy atom. The standard InChI is InChI=1S/C14H18BrNO2/c1-10-5-12(7-13(15)6-10)14(17)16-4-3-11(8-16)9-18-2/h5-7,11H,3-4,8-9H2,1-2H3. The van der Waals surface area contributed by atoms with E-state index in [-0.39, 0.29) is 5.91 Å². The van der Waals surface area contributed by atoms with E-state index in [1.54, 1.807) is 7.11 Å². The van der Waals surface area contributed by atoms with Gasteiger partial charge in [0.25, 0.3) is 5.91 Å². The van der Waals surface area contributed by atoms with Crippen LogP contribution in [0.5, 0.6) is 0 Å². The van der Waals surface area contributed by atoms with Crippen LogP contribution in [0.4, 0.5) is 0 Å². The van der Waals surface area contributed by atoms with E-state index in [2.05, 4.69) is 15.9 Å². The molecule has 1 aliphatic heterocycles. The van der Waals surface area contributed by atoms with Gasteiger partial charge in [-0.2, -0.15) is 0 Å². The van der Waals surface area contributed by atoms with Crippen molar-refractivity contribution in [2.24, 2.45) is 5.92 Å². The molecule has 2 rings (SSSR count). The monoisotopic (exact) mass is 311 g/mol. The molecular weight excluding hydrogens is 294 g/mol. The average Bonchev–Trinajstić information content (AvgIpc) is 2.76. The fraction of sp³-hybridized carbons (Fsp3) is 0.500. The van der Waals surface area contributed by atoms with Crippen LogP contribution in [0.3, 0.4) is 0 Å². The predicted octanol–water partition coefficient (Wildman–Crippen LogP) is 2.87. The molecule has 0 saturated carbocycles. The van der Waals surface area contributed by atoms with Gasteiger partial charge in [-0.15, -0.1) is 0 Å². The van der Waals surface area contributed by atoms with Crippen molar-refractivity contribution in [2.75, 3.05) is 26.8 Å². The van der Waals surface area contributed by atoms with E-state index in [1.165, 1.54) is 0 Å². The number of likely N-dealkylation sites (tertiary alicyclic amines) is 1. The lowest BCUT2D eigenvalue weighted by Crippen LogP contribution is -2.29. The first-order valence-electron chi connectivity index (χ1n) is 6.15. The molecular formula is C14H18BrNO2. The third-order valence-corrected chi connectivity index (χ3v) is 3.72. The minimum absolute atomic E-state index is 0.123. The minimum Gasteiger partial charge on any atom is -0.384 e. The Morgan fingerprint density at radius 1 is 1.50 bits per heavy atom. The Kier molecular flexibility index (Phi) is 4.40. The Balaban J connectivity index is 2.08. The van der Waals surface area contributed by atoms with Gasteiger partial charge in [0.2, 0.25) is 0 Å². The molecule has 0 N–H and O–H groups in total. The lowest BCUT2D eigenvalue weighted by molar-refractivity contribution is 0.0775. The van der Waals surface area contributed by atoms with Gasteiger partial charge in [-0.05, 0) is 37.1 Å². The number of carbonyl (C=O) groups is 1. The zero-order chi connectivity index (χ0) is 13.1. The van der Waals surface area contributed by atoms with Gasteiger partial charge in [0.15, 0.2) is 0 Å². The molecule has 18 heavy (non-hydrogen) atoms. The number of rotatable bonds is 3. The first-order valence-corrected chi connectivity index (χ1v) is 6.95. The van der Waals surface area contributed by atoms with Crippen LogP contribution in [0.2, 0.25) is 0 Å². The summed E-state index contributed by atoms with van der Waals surface area (Å²) in [6, 6.07) is 5.84. The molecule has 1 fully saturated rings. The number of benzene rings is 1. The number of methoxy groups -OCH3 is 1. The molecule has 1 aliphatic rings. The lowest BCUT2D eigenvalue weighted by Gasteiger charge is -2.17. The summed E-state index contributed by atoms with van der Waals surface area (Å²) in [5, 5.41) is 0. The van der Waals surface area contributed by atoms with Crippen molar-refractivity contribution in [1.29, 1.82) is 0 Å². The molecule has 4 heteroatoms. The fourth-order valence-corrected chi connectivity index (χ4v) is 3.04. The van der Waals surface area contributed by atoms with Gasteiger partial charge in [0.05, 0.1) is 6.61 Å². The second-order valence-corrected chi connectivity index (χ2v) is 5.79. The van der Waals surface area contributed by atoms with Crippen LogP contribution in [0.25, 0.3) is 0 Å². The highest BCUT2D eigenvalue weighted by Crippen LogP contribution is 2.21. The molecule has 98 valence electrons. The number of ether oxygens (including phenoxy) is 1. The van der Waals surface area contributed by atoms with Gasteiger partial charge >= 0.3 is 0 Å². The zero-order valence-electron chi connectivity index (χ0n) is 10.8. The molecule has 1 heterocycles. The minimum atomic E-state index is 0.123. The topological polar surface area (TPSA) is 29.5 Å². The molecule has 0 bridgehead atoms. The first kappa shape index (κ1) is 13.6. The molecule has 1 atom stereocenters. The maximum atomic E-state index is 12.4. The van der Waals surface area contributed by atoms with E-state index in [0.717, 1.165) is 41.7 Å². The third-order valence-electron chi connectivity index (χ3n) is 3.26. The number of halogens is 1. The second kappa shape index (κ2) is 5.85. The molecule has 0 radical (unpaired) electrons. The second-order valence-electron chi connectivity index (χ2n) is 4.88. The summed E-state index contributed by atoms with van der Waals surface area (Å²) < 4.78 is 6.11. The maximum absolute atomic E-state index is 12.4. The van der Waals surface area contributed by atoms with E-state index in [1.807, 2.05) is 30.0 Å². The van der Waals surface area contributed by atoms with Crippen LogP contribution in [0.1, 0.15) is 22.3 Å². The van der Waals surface area contributed by atoms with Gasteiger partial charge in [0.1, 0.15) is 0 Å². The third kappa shape index (κ3) is 3.12. The first-order chi connectivity index (χ1) is 8.60. The van der Waals surface area contributed by atoms with E-state index < -0.39 is 0 Å². The van der Waals surface area contributed by atoms with Crippen LogP contribution in [0, 0.1) is 12.8 Å². The van der Waals surface area contributed by atoms with Crippen molar-refractivity contribution in [3.05, 3.63) is 33.8 Å². The van der Waals surface area contributed by atoms with Crippen LogP contribution in [0.15, 0.2) is 22.7 Å². The van der Waals surface area contributed by atoms with Gasteiger partial charge in [0, 0.05) is 36.2 Å². The van der Waals surface area contributed by atoms with Crippen molar-refractivity contribution in [2.45, 2.75) is 13.3 Å². The van der Waals surface area contributed by atoms with Crippen LogP contribution >= 0.6 is 15.9 Å². The number of nitrogens with zero attached hydrogens (tertiary/aromatic N) is 1. The summed E-state index contributed by atoms with van der Waals surface area (Å²) in [5.41, 5.74) is 1.86. The number of hydrogen-bond donors (Lipinski definition) is 0. The molecule has 0 spiro atoms. The quantitative estimate of drug-likeness (QED) is 0.859. The summed E-state index contributed by atoms with van der Waals surface area (Å²) in [5.74, 6) is 0.602. The van der Waals surface area contributed by atoms with Crippen molar-refractivity contribution in [1.82, 2.24) is 4.90 Å². The molecule has 3 nitrogen and oxygen atoms in total. The molecule has 1 unspecified atom stereocenters. The Labute approximate surface area is 116 Å². The number of carbonyl (C=O) groups excluding carboxylic acids is 1. The van der Waals surface area contributed by atoms with E-state index >= 15 is 0 Å². The normalized spacial score (nSPS) is 19.3. The highest BCUT2D eigenvalue weighted by Gasteiger charge is 2.26. The highest BCUT2D eigenvalue weighted by atomic mass is 79.9. The summed E-state index contributed by atoms with van der Waals surface area (Å²) in [6.45, 7) is 4.37. The summed E-state index contributed by atoms with van der Waals surface area (Å²) in [7, 11) is 1.71. The summed E-state index contributed by atoms with van der Waals surface area (Å²) in [4.78, 5) is 14.3. The van der Waals surface area contributed by atoms with Gasteiger partial charge in [-0.25, -0.2) is 0 Å². The van der Waals surface area contributed by atoms with Crippen LogP contribution < -0.4 is 0 Å². The van der Waals surface area contributed by atoms with E-state index in [0.29, 0.717) is 5.92 Å². The Hall–Kier alpha value is -0.870. The number of hydrogen-bond acceptors (Lipinski definition) is 2. The smallest absolute Gasteiger partial charge is 0.253 e. The molecule has 1 aromatic carbocycles. The summed E-state index contributed by atoms with van der Waals surface area (Å²) >= 11 is 3.44. The molecule has 1 aromatic rings. The van der Waals surface area contributed by atoms with Gasteiger partial charge in [-0.1, -0.05) is 15.9 Å². The lowest BCUT2D eigenvalue weighted by atomic mass is 10.1. The van der Waals surface area contributed by atoms with Crippen molar-refractivity contribution >= 4 is 21.8 Å². The van der Waals surface area contributed by atoms with Crippen molar-refractivity contribution in [3.8, 4) is 0 Å². The fourth-order valence-electron chi connectivity index (χ4n) is 2.43. The molecule has 0 aliphatic carbocycles. The SMILES string of the molecule is COCC1CCN(C(=O)c2cc(C)cc(Br)c2)C1. The Bertz CT molecular complexity index is 427. The van der Waals surface area contributed by atoms with Crippen molar-refractivity contribution in [3.63, 3.8) is 0 Å². The average molecular weight is 312 g/mol. The van der Waals surface area contributed by atoms with Crippen LogP contribution in [-0.4, -0.2) is 37.6 Å². The predicted molar refractivity (Wildman–Crippen MR) is 74.8 cm³/mol. The largest absolute Gasteiger partial charge is 0.384 e. The van der Waals surface area contributed by atoms with Gasteiger partial charge in [-0.3, -0.25) is 4.79 Å². The number of amides is 1. The maximum Gasteiger partial charge on any atom is 0.253 e. The van der Waals surface area contributed by atoms with Gasteiger partial charge < -0.3 is 9.64 Å². The van der Waals surface area contributed by atoms with E-state index in [4.69, 9.17) is 4.74 Å². The Morgan fingerprint density at radius 3 is 2.94 bits per heavy atom. The molecule has 1 amide bonds. The number of aryl methyl sites for hydroxylation is 1. The zero-order valence-corrected chi connectivity index (χ0v) is 12.4. The summed E-state index contributed by atoms with van der Waals surface area (Å²) in [6.07, 6.45) is 1.03. The van der Waals surface area contributed by atoms with Crippen LogP contribution in [-0.2, 0) is 4.74 Å². The highest BCUT2D eigenvalue weighted by molar-refractivity contribution is 9.10. The molecule has 0 aromatic heterocycles. The molecule has 1 saturated heterocycles. The van der Waals surface area contributed by atoms with Crippen molar-refractivity contribution < 1.29 is 9.53 Å². The van der Waals surface area contributed by atoms with E-state index in [9.17, 15) is 4.79 Å².